The van der Waals surface area contributed by atoms with Crippen molar-refractivity contribution < 1.29 is 4.74 Å². The molecule has 0 saturated heterocycles. The Balaban J connectivity index is 1.81. The average molecular weight is 258 g/mol. The van der Waals surface area contributed by atoms with Gasteiger partial charge in [0.15, 0.2) is 11.9 Å². The first kappa shape index (κ1) is 11.1. The van der Waals surface area contributed by atoms with Gasteiger partial charge in [0.25, 0.3) is 0 Å². The Morgan fingerprint density at radius 2 is 2.39 bits per heavy atom. The van der Waals surface area contributed by atoms with E-state index in [1.54, 1.807) is 11.8 Å². The van der Waals surface area contributed by atoms with E-state index in [2.05, 4.69) is 15.2 Å². The minimum atomic E-state index is -0.159. The van der Waals surface area contributed by atoms with Crippen LogP contribution in [-0.4, -0.2) is 20.9 Å². The first-order valence-electron chi connectivity index (χ1n) is 5.53. The molecule has 2 heterocycles. The summed E-state index contributed by atoms with van der Waals surface area (Å²) in [5.41, 5.74) is 0. The molecule has 1 aromatic carbocycles. The molecule has 1 aliphatic rings. The molecule has 18 heavy (non-hydrogen) atoms. The zero-order valence-corrected chi connectivity index (χ0v) is 10.3. The lowest BCUT2D eigenvalue weighted by Crippen LogP contribution is -2.16. The number of H-pyrrole nitrogens is 1. The summed E-state index contributed by atoms with van der Waals surface area (Å²) in [4.78, 5) is 5.41. The van der Waals surface area contributed by atoms with Crippen molar-refractivity contribution in [2.24, 2.45) is 0 Å². The summed E-state index contributed by atoms with van der Waals surface area (Å²) in [5, 5.41) is 15.5. The number of thioether (sulfide) groups is 1. The molecule has 0 saturated carbocycles. The van der Waals surface area contributed by atoms with Gasteiger partial charge >= 0.3 is 0 Å². The number of para-hydroxylation sites is 1. The quantitative estimate of drug-likeness (QED) is 0.892. The molecule has 3 rings (SSSR count). The lowest BCUT2D eigenvalue weighted by Gasteiger charge is -2.23. The molecule has 6 heteroatoms. The van der Waals surface area contributed by atoms with E-state index in [1.807, 2.05) is 30.3 Å². The Kier molecular flexibility index (Phi) is 2.90. The van der Waals surface area contributed by atoms with E-state index >= 15 is 0 Å². The number of hydrogen-bond donors (Lipinski definition) is 1. The van der Waals surface area contributed by atoms with Gasteiger partial charge in [-0.1, -0.05) is 12.1 Å². The standard InChI is InChI=1S/C12H10N4OS/c13-6-5-11-14-12(16-15-11)9-7-18-10-4-2-1-3-8(10)17-9/h1-4,9H,5,7H2,(H,14,15,16). The molecule has 1 aromatic heterocycles. The van der Waals surface area contributed by atoms with Gasteiger partial charge in [-0.15, -0.1) is 11.8 Å². The van der Waals surface area contributed by atoms with Crippen molar-refractivity contribution in [1.82, 2.24) is 15.2 Å². The van der Waals surface area contributed by atoms with Crippen LogP contribution in [0.25, 0.3) is 0 Å². The van der Waals surface area contributed by atoms with Gasteiger partial charge in [0.1, 0.15) is 11.6 Å². The van der Waals surface area contributed by atoms with E-state index in [9.17, 15) is 0 Å². The molecule has 1 atom stereocenters. The highest BCUT2D eigenvalue weighted by Crippen LogP contribution is 2.39. The van der Waals surface area contributed by atoms with Gasteiger partial charge in [0.05, 0.1) is 12.5 Å². The van der Waals surface area contributed by atoms with Crippen LogP contribution in [0.5, 0.6) is 5.75 Å². The van der Waals surface area contributed by atoms with Crippen LogP contribution >= 0.6 is 11.8 Å². The number of nitrogens with zero attached hydrogens (tertiary/aromatic N) is 3. The Morgan fingerprint density at radius 1 is 1.50 bits per heavy atom. The van der Waals surface area contributed by atoms with Gasteiger partial charge in [-0.05, 0) is 12.1 Å². The van der Waals surface area contributed by atoms with Crippen LogP contribution in [0.2, 0.25) is 0 Å². The molecule has 0 spiro atoms. The molecule has 0 fully saturated rings. The smallest absolute Gasteiger partial charge is 0.192 e. The zero-order valence-electron chi connectivity index (χ0n) is 9.46. The number of benzene rings is 1. The summed E-state index contributed by atoms with van der Waals surface area (Å²) in [5.74, 6) is 2.84. The minimum absolute atomic E-state index is 0.159. The van der Waals surface area contributed by atoms with Crippen molar-refractivity contribution in [1.29, 1.82) is 5.26 Å². The molecule has 1 unspecified atom stereocenters. The molecule has 1 aliphatic heterocycles. The lowest BCUT2D eigenvalue weighted by molar-refractivity contribution is 0.210. The molecule has 1 N–H and O–H groups in total. The normalized spacial score (nSPS) is 17.6. The van der Waals surface area contributed by atoms with Gasteiger partial charge in [-0.25, -0.2) is 4.98 Å². The maximum Gasteiger partial charge on any atom is 0.192 e. The molecular weight excluding hydrogens is 248 g/mol. The van der Waals surface area contributed by atoms with E-state index in [-0.39, 0.29) is 12.5 Å². The van der Waals surface area contributed by atoms with Crippen molar-refractivity contribution in [2.75, 3.05) is 5.75 Å². The summed E-state index contributed by atoms with van der Waals surface area (Å²) in [6.07, 6.45) is 0.0808. The second kappa shape index (κ2) is 4.70. The summed E-state index contributed by atoms with van der Waals surface area (Å²) in [7, 11) is 0. The molecule has 0 amide bonds. The number of nitriles is 1. The van der Waals surface area contributed by atoms with Crippen molar-refractivity contribution >= 4 is 11.8 Å². The summed E-state index contributed by atoms with van der Waals surface area (Å²) in [6.45, 7) is 0. The Hall–Kier alpha value is -2.00. The van der Waals surface area contributed by atoms with E-state index in [0.29, 0.717) is 11.6 Å². The first-order chi connectivity index (χ1) is 8.86. The maximum atomic E-state index is 8.60. The van der Waals surface area contributed by atoms with Crippen LogP contribution in [0.3, 0.4) is 0 Å². The largest absolute Gasteiger partial charge is 0.480 e. The third-order valence-corrected chi connectivity index (χ3v) is 3.71. The number of nitrogens with one attached hydrogen (secondary N) is 1. The zero-order chi connectivity index (χ0) is 12.4. The molecule has 2 aromatic rings. The number of aromatic amines is 1. The molecule has 5 nitrogen and oxygen atoms in total. The van der Waals surface area contributed by atoms with Crippen LogP contribution in [0.4, 0.5) is 0 Å². The minimum Gasteiger partial charge on any atom is -0.480 e. The van der Waals surface area contributed by atoms with E-state index in [1.165, 1.54) is 0 Å². The highest BCUT2D eigenvalue weighted by atomic mass is 32.2. The fourth-order valence-corrected chi connectivity index (χ4v) is 2.74. The third-order valence-electron chi connectivity index (χ3n) is 2.59. The third kappa shape index (κ3) is 2.05. The van der Waals surface area contributed by atoms with E-state index in [4.69, 9.17) is 10.00 Å². The highest BCUT2D eigenvalue weighted by molar-refractivity contribution is 7.99. The summed E-state index contributed by atoms with van der Waals surface area (Å²) < 4.78 is 5.86. The van der Waals surface area contributed by atoms with Crippen molar-refractivity contribution in [3.8, 4) is 11.8 Å². The summed E-state index contributed by atoms with van der Waals surface area (Å²) >= 11 is 1.73. The van der Waals surface area contributed by atoms with Crippen LogP contribution in [0, 0.1) is 11.3 Å². The first-order valence-corrected chi connectivity index (χ1v) is 6.52. The predicted octanol–water partition coefficient (Wildman–Crippen LogP) is 2.10. The Labute approximate surface area is 108 Å². The number of fused-ring (bicyclic) bond motifs is 1. The monoisotopic (exact) mass is 258 g/mol. The number of aromatic nitrogens is 3. The van der Waals surface area contributed by atoms with Crippen LogP contribution < -0.4 is 4.74 Å². The molecule has 0 bridgehead atoms. The molecule has 0 aliphatic carbocycles. The van der Waals surface area contributed by atoms with Gasteiger partial charge in [-0.3, -0.25) is 5.10 Å². The van der Waals surface area contributed by atoms with Gasteiger partial charge < -0.3 is 4.74 Å². The van der Waals surface area contributed by atoms with E-state index < -0.39 is 0 Å². The number of hydrogen-bond acceptors (Lipinski definition) is 5. The van der Waals surface area contributed by atoms with Gasteiger partial charge in [0, 0.05) is 10.6 Å². The maximum absolute atomic E-state index is 8.60. The van der Waals surface area contributed by atoms with Crippen molar-refractivity contribution in [3.05, 3.63) is 35.9 Å². The van der Waals surface area contributed by atoms with Crippen LogP contribution in [0.1, 0.15) is 17.8 Å². The van der Waals surface area contributed by atoms with Crippen molar-refractivity contribution in [2.45, 2.75) is 17.4 Å². The molecular formula is C12H10N4OS. The lowest BCUT2D eigenvalue weighted by atomic mass is 10.3. The fraction of sp³-hybridized carbons (Fsp3) is 0.250. The van der Waals surface area contributed by atoms with Crippen molar-refractivity contribution in [3.63, 3.8) is 0 Å². The van der Waals surface area contributed by atoms with Gasteiger partial charge in [0.2, 0.25) is 0 Å². The van der Waals surface area contributed by atoms with Crippen LogP contribution in [0.15, 0.2) is 29.2 Å². The molecule has 0 radical (unpaired) electrons. The van der Waals surface area contributed by atoms with E-state index in [0.717, 1.165) is 16.4 Å². The van der Waals surface area contributed by atoms with Gasteiger partial charge in [-0.2, -0.15) is 10.4 Å². The Morgan fingerprint density at radius 3 is 3.28 bits per heavy atom. The highest BCUT2D eigenvalue weighted by Gasteiger charge is 2.24. The average Bonchev–Trinajstić information content (AvgIpc) is 2.87. The SMILES string of the molecule is N#CCc1nc(C2CSc3ccccc3O2)n[nH]1. The fourth-order valence-electron chi connectivity index (χ4n) is 1.75. The second-order valence-electron chi connectivity index (χ2n) is 3.84. The second-order valence-corrected chi connectivity index (χ2v) is 4.90. The number of ether oxygens (including phenoxy) is 1. The topological polar surface area (TPSA) is 74.6 Å². The molecule has 90 valence electrons. The summed E-state index contributed by atoms with van der Waals surface area (Å²) in [6, 6.07) is 9.95. The number of rotatable bonds is 2. The Bertz CT molecular complexity index is 604. The predicted molar refractivity (Wildman–Crippen MR) is 66.2 cm³/mol. The van der Waals surface area contributed by atoms with Crippen LogP contribution in [-0.2, 0) is 6.42 Å².